The first-order chi connectivity index (χ1) is 11.7. The predicted octanol–water partition coefficient (Wildman–Crippen LogP) is 3.11. The monoisotopic (exact) mass is 345 g/mol. The highest BCUT2D eigenvalue weighted by molar-refractivity contribution is 7.14. The molecule has 0 unspecified atom stereocenters. The van der Waals surface area contributed by atoms with E-state index in [0.717, 1.165) is 61.3 Å². The second kappa shape index (κ2) is 7.79. The van der Waals surface area contributed by atoms with Crippen LogP contribution in [-0.2, 0) is 4.74 Å². The van der Waals surface area contributed by atoms with Crippen LogP contribution in [-0.4, -0.2) is 61.4 Å². The number of anilines is 1. The third-order valence-corrected chi connectivity index (χ3v) is 5.16. The molecule has 24 heavy (non-hydrogen) atoms. The lowest BCUT2D eigenvalue weighted by Crippen LogP contribution is -2.47. The summed E-state index contributed by atoms with van der Waals surface area (Å²) in [6, 6.07) is 7.67. The minimum Gasteiger partial charge on any atom is -0.508 e. The Kier molecular flexibility index (Phi) is 5.50. The van der Waals surface area contributed by atoms with Gasteiger partial charge in [0.05, 0.1) is 12.3 Å². The van der Waals surface area contributed by atoms with Crippen molar-refractivity contribution in [3.63, 3.8) is 0 Å². The molecule has 5 nitrogen and oxygen atoms in total. The van der Waals surface area contributed by atoms with Crippen LogP contribution >= 0.6 is 11.3 Å². The van der Waals surface area contributed by atoms with Crippen LogP contribution in [0.5, 0.6) is 0 Å². The molecule has 0 radical (unpaired) electrons. The molecule has 1 fully saturated rings. The molecular weight excluding hydrogens is 322 g/mol. The number of aliphatic hydroxyl groups is 1. The van der Waals surface area contributed by atoms with Gasteiger partial charge in [0.25, 0.3) is 0 Å². The molecule has 1 aromatic heterocycles. The molecule has 1 saturated heterocycles. The Bertz CT molecular complexity index is 676. The van der Waals surface area contributed by atoms with Gasteiger partial charge in [0.1, 0.15) is 5.76 Å². The van der Waals surface area contributed by atoms with E-state index in [1.807, 2.05) is 24.3 Å². The van der Waals surface area contributed by atoms with Crippen LogP contribution in [0.2, 0.25) is 0 Å². The van der Waals surface area contributed by atoms with Crippen LogP contribution < -0.4 is 4.90 Å². The summed E-state index contributed by atoms with van der Waals surface area (Å²) in [4.78, 5) is 9.56. The van der Waals surface area contributed by atoms with Crippen molar-refractivity contribution in [2.45, 2.75) is 0 Å². The van der Waals surface area contributed by atoms with Crippen molar-refractivity contribution in [2.75, 3.05) is 51.3 Å². The fourth-order valence-electron chi connectivity index (χ4n) is 2.76. The standard InChI is InChI=1S/C18H23N3O2S/c1-14(22)15-3-5-16(6-4-15)17-13-24-18(19-17)21-9-7-20(8-10-21)11-12-23-2/h3-6,13,22H,1,7-12H2,2H3. The van der Waals surface area contributed by atoms with E-state index >= 15 is 0 Å². The van der Waals surface area contributed by atoms with Gasteiger partial charge in [-0.1, -0.05) is 30.8 Å². The Hall–Kier alpha value is -1.89. The lowest BCUT2D eigenvalue weighted by Gasteiger charge is -2.34. The fraction of sp³-hybridized carbons (Fsp3) is 0.389. The summed E-state index contributed by atoms with van der Waals surface area (Å²) >= 11 is 1.69. The van der Waals surface area contributed by atoms with Gasteiger partial charge in [-0.2, -0.15) is 0 Å². The number of ether oxygens (including phenoxy) is 1. The van der Waals surface area contributed by atoms with Crippen molar-refractivity contribution in [3.8, 4) is 11.3 Å². The van der Waals surface area contributed by atoms with E-state index in [1.165, 1.54) is 0 Å². The van der Waals surface area contributed by atoms with Gasteiger partial charge in [-0.15, -0.1) is 11.3 Å². The fourth-order valence-corrected chi connectivity index (χ4v) is 3.65. The number of thiazole rings is 1. The maximum absolute atomic E-state index is 9.41. The molecule has 0 saturated carbocycles. The quantitative estimate of drug-likeness (QED) is 0.815. The first-order valence-corrected chi connectivity index (χ1v) is 8.96. The van der Waals surface area contributed by atoms with E-state index in [9.17, 15) is 5.11 Å². The van der Waals surface area contributed by atoms with Crippen LogP contribution in [0, 0.1) is 0 Å². The molecule has 6 heteroatoms. The number of benzene rings is 1. The van der Waals surface area contributed by atoms with Crippen LogP contribution in [0.25, 0.3) is 17.0 Å². The Morgan fingerprint density at radius 2 is 1.96 bits per heavy atom. The average Bonchev–Trinajstić information content (AvgIpc) is 3.10. The molecule has 0 bridgehead atoms. The second-order valence-corrected chi connectivity index (χ2v) is 6.70. The van der Waals surface area contributed by atoms with Gasteiger partial charge < -0.3 is 14.7 Å². The minimum atomic E-state index is 0.0897. The van der Waals surface area contributed by atoms with Crippen molar-refractivity contribution in [3.05, 3.63) is 41.8 Å². The molecule has 1 aromatic carbocycles. The third-order valence-electron chi connectivity index (χ3n) is 4.26. The van der Waals surface area contributed by atoms with E-state index < -0.39 is 0 Å². The van der Waals surface area contributed by atoms with Crippen molar-refractivity contribution >= 4 is 22.2 Å². The Balaban J connectivity index is 1.62. The lowest BCUT2D eigenvalue weighted by atomic mass is 10.1. The van der Waals surface area contributed by atoms with Crippen molar-refractivity contribution in [2.24, 2.45) is 0 Å². The van der Waals surface area contributed by atoms with Gasteiger partial charge >= 0.3 is 0 Å². The number of rotatable bonds is 6. The smallest absolute Gasteiger partial charge is 0.185 e. The van der Waals surface area contributed by atoms with Gasteiger partial charge in [-0.05, 0) is 0 Å². The summed E-state index contributed by atoms with van der Waals surface area (Å²) in [7, 11) is 1.75. The molecular formula is C18H23N3O2S. The van der Waals surface area contributed by atoms with Gasteiger partial charge in [0, 0.05) is 56.3 Å². The van der Waals surface area contributed by atoms with Gasteiger partial charge in [-0.25, -0.2) is 4.98 Å². The number of aromatic nitrogens is 1. The molecule has 0 spiro atoms. The highest BCUT2D eigenvalue weighted by atomic mass is 32.1. The summed E-state index contributed by atoms with van der Waals surface area (Å²) in [5.74, 6) is 0.0897. The maximum atomic E-state index is 9.41. The molecule has 0 aliphatic carbocycles. The number of hydrogen-bond acceptors (Lipinski definition) is 6. The summed E-state index contributed by atoms with van der Waals surface area (Å²) < 4.78 is 5.14. The summed E-state index contributed by atoms with van der Waals surface area (Å²) in [6.07, 6.45) is 0. The number of aliphatic hydroxyl groups excluding tert-OH is 1. The molecule has 0 amide bonds. The minimum absolute atomic E-state index is 0.0897. The largest absolute Gasteiger partial charge is 0.508 e. The first kappa shape index (κ1) is 17.0. The van der Waals surface area contributed by atoms with Gasteiger partial charge in [0.15, 0.2) is 5.13 Å². The molecule has 3 rings (SSSR count). The Morgan fingerprint density at radius 1 is 1.25 bits per heavy atom. The van der Waals surface area contributed by atoms with E-state index in [1.54, 1.807) is 18.4 Å². The zero-order valence-corrected chi connectivity index (χ0v) is 14.8. The van der Waals surface area contributed by atoms with E-state index in [-0.39, 0.29) is 5.76 Å². The van der Waals surface area contributed by atoms with Crippen LogP contribution in [0.4, 0.5) is 5.13 Å². The molecule has 1 aliphatic rings. The van der Waals surface area contributed by atoms with Crippen LogP contribution in [0.3, 0.4) is 0 Å². The molecule has 1 aliphatic heterocycles. The van der Waals surface area contributed by atoms with E-state index in [4.69, 9.17) is 9.72 Å². The number of hydrogen-bond donors (Lipinski definition) is 1. The SMILES string of the molecule is C=C(O)c1ccc(-c2csc(N3CCN(CCOC)CC3)n2)cc1. The van der Waals surface area contributed by atoms with Crippen molar-refractivity contribution in [1.82, 2.24) is 9.88 Å². The van der Waals surface area contributed by atoms with Gasteiger partial charge in [0.2, 0.25) is 0 Å². The molecule has 1 N–H and O–H groups in total. The van der Waals surface area contributed by atoms with E-state index in [2.05, 4.69) is 21.8 Å². The van der Waals surface area contributed by atoms with E-state index in [0.29, 0.717) is 0 Å². The Labute approximate surface area is 146 Å². The highest BCUT2D eigenvalue weighted by Gasteiger charge is 2.19. The zero-order valence-electron chi connectivity index (χ0n) is 13.9. The lowest BCUT2D eigenvalue weighted by molar-refractivity contribution is 0.144. The molecule has 0 atom stereocenters. The average molecular weight is 345 g/mol. The normalized spacial score (nSPS) is 15.6. The van der Waals surface area contributed by atoms with Crippen molar-refractivity contribution < 1.29 is 9.84 Å². The highest BCUT2D eigenvalue weighted by Crippen LogP contribution is 2.28. The summed E-state index contributed by atoms with van der Waals surface area (Å²) in [5.41, 5.74) is 2.77. The third kappa shape index (κ3) is 3.95. The zero-order chi connectivity index (χ0) is 16.9. The van der Waals surface area contributed by atoms with Gasteiger partial charge in [-0.3, -0.25) is 4.90 Å². The summed E-state index contributed by atoms with van der Waals surface area (Å²) in [6.45, 7) is 9.42. The number of nitrogens with zero attached hydrogens (tertiary/aromatic N) is 3. The molecule has 2 aromatic rings. The predicted molar refractivity (Wildman–Crippen MR) is 99.7 cm³/mol. The molecule has 128 valence electrons. The van der Waals surface area contributed by atoms with Crippen molar-refractivity contribution in [1.29, 1.82) is 0 Å². The maximum Gasteiger partial charge on any atom is 0.185 e. The van der Waals surface area contributed by atoms with Crippen LogP contribution in [0.1, 0.15) is 5.56 Å². The second-order valence-electron chi connectivity index (χ2n) is 5.86. The summed E-state index contributed by atoms with van der Waals surface area (Å²) in [5, 5.41) is 12.6. The van der Waals surface area contributed by atoms with Crippen LogP contribution in [0.15, 0.2) is 36.2 Å². The number of piperazine rings is 1. The number of methoxy groups -OCH3 is 1. The topological polar surface area (TPSA) is 48.8 Å². The Morgan fingerprint density at radius 3 is 2.58 bits per heavy atom. The molecule has 2 heterocycles. The first-order valence-electron chi connectivity index (χ1n) is 8.08.